The molecule has 1 N–H and O–H groups in total. The van der Waals surface area contributed by atoms with Gasteiger partial charge in [-0.2, -0.15) is 0 Å². The predicted octanol–water partition coefficient (Wildman–Crippen LogP) is 3.55. The molecule has 0 saturated heterocycles. The molecule has 0 amide bonds. The van der Waals surface area contributed by atoms with Gasteiger partial charge in [0.15, 0.2) is 0 Å². The molecule has 0 saturated carbocycles. The van der Waals surface area contributed by atoms with E-state index >= 15 is 0 Å². The monoisotopic (exact) mass is 276 g/mol. The maximum absolute atomic E-state index is 10.9. The highest BCUT2D eigenvalue weighted by molar-refractivity contribution is 9.10. The highest BCUT2D eigenvalue weighted by Gasteiger charge is 2.26. The number of carbonyl (C=O) groups is 1. The third kappa shape index (κ3) is 2.82. The van der Waals surface area contributed by atoms with Crippen LogP contribution < -0.4 is 0 Å². The second-order valence-corrected chi connectivity index (χ2v) is 5.74. The average Bonchev–Trinajstić information content (AvgIpc) is 2.47. The molecule has 1 aromatic heterocycles. The van der Waals surface area contributed by atoms with E-state index in [1.54, 1.807) is 25.2 Å². The Morgan fingerprint density at radius 2 is 2.29 bits per heavy atom. The lowest BCUT2D eigenvalue weighted by molar-refractivity contribution is -0.147. The largest absolute Gasteiger partial charge is 0.481 e. The molecule has 0 aliphatic carbocycles. The summed E-state index contributed by atoms with van der Waals surface area (Å²) < 4.78 is 1.09. The lowest BCUT2D eigenvalue weighted by atomic mass is 9.88. The number of carboxylic acid groups (broad SMARTS) is 1. The number of aryl methyl sites for hydroxylation is 1. The van der Waals surface area contributed by atoms with Gasteiger partial charge in [-0.05, 0) is 54.1 Å². The zero-order chi connectivity index (χ0) is 10.8. The summed E-state index contributed by atoms with van der Waals surface area (Å²) in [5.41, 5.74) is -0.635. The molecule has 0 fully saturated rings. The van der Waals surface area contributed by atoms with Crippen LogP contribution in [0.15, 0.2) is 15.9 Å². The minimum Gasteiger partial charge on any atom is -0.481 e. The summed E-state index contributed by atoms with van der Waals surface area (Å²) in [5.74, 6) is -0.731. The lowest BCUT2D eigenvalue weighted by Gasteiger charge is -2.18. The van der Waals surface area contributed by atoms with E-state index in [2.05, 4.69) is 15.9 Å². The number of carboxylic acids is 1. The Morgan fingerprint density at radius 3 is 2.71 bits per heavy atom. The van der Waals surface area contributed by atoms with Gasteiger partial charge in [-0.15, -0.1) is 11.3 Å². The average molecular weight is 277 g/mol. The number of hydrogen-bond acceptors (Lipinski definition) is 2. The highest BCUT2D eigenvalue weighted by atomic mass is 79.9. The van der Waals surface area contributed by atoms with E-state index in [9.17, 15) is 4.79 Å². The van der Waals surface area contributed by atoms with Crippen LogP contribution in [0.5, 0.6) is 0 Å². The topological polar surface area (TPSA) is 37.3 Å². The first-order valence-corrected chi connectivity index (χ1v) is 6.06. The van der Waals surface area contributed by atoms with Gasteiger partial charge >= 0.3 is 5.97 Å². The molecule has 1 heterocycles. The molecule has 0 bridgehead atoms. The van der Waals surface area contributed by atoms with Crippen LogP contribution in [-0.4, -0.2) is 11.1 Å². The molecule has 0 radical (unpaired) electrons. The van der Waals surface area contributed by atoms with E-state index in [-0.39, 0.29) is 0 Å². The van der Waals surface area contributed by atoms with Gasteiger partial charge in [0.25, 0.3) is 0 Å². The first kappa shape index (κ1) is 11.7. The number of thiophene rings is 1. The normalized spacial score (nSPS) is 11.6. The van der Waals surface area contributed by atoms with Gasteiger partial charge < -0.3 is 5.11 Å². The van der Waals surface area contributed by atoms with Crippen LogP contribution in [0.3, 0.4) is 0 Å². The van der Waals surface area contributed by atoms with Crippen LogP contribution in [0, 0.1) is 5.41 Å². The molecule has 0 spiro atoms. The Kier molecular flexibility index (Phi) is 3.72. The Hall–Kier alpha value is -0.350. The summed E-state index contributed by atoms with van der Waals surface area (Å²) in [6, 6.07) is 1.99. The van der Waals surface area contributed by atoms with E-state index in [0.29, 0.717) is 6.42 Å². The van der Waals surface area contributed by atoms with Crippen molar-refractivity contribution in [3.63, 3.8) is 0 Å². The fourth-order valence-corrected chi connectivity index (χ4v) is 2.59. The number of rotatable bonds is 4. The minimum atomic E-state index is -0.731. The van der Waals surface area contributed by atoms with Gasteiger partial charge in [0, 0.05) is 9.35 Å². The van der Waals surface area contributed by atoms with E-state index in [1.807, 2.05) is 11.4 Å². The van der Waals surface area contributed by atoms with Crippen LogP contribution in [0.4, 0.5) is 0 Å². The summed E-state index contributed by atoms with van der Waals surface area (Å²) in [6.45, 7) is 3.52. The third-order valence-electron chi connectivity index (χ3n) is 2.25. The maximum Gasteiger partial charge on any atom is 0.309 e. The smallest absolute Gasteiger partial charge is 0.309 e. The summed E-state index contributed by atoms with van der Waals surface area (Å²) in [4.78, 5) is 12.1. The molecular weight excluding hydrogens is 264 g/mol. The Balaban J connectivity index is 2.57. The highest BCUT2D eigenvalue weighted by Crippen LogP contribution is 2.29. The zero-order valence-corrected chi connectivity index (χ0v) is 10.6. The summed E-state index contributed by atoms with van der Waals surface area (Å²) in [6.07, 6.45) is 1.49. The molecule has 1 aromatic rings. The van der Waals surface area contributed by atoms with Gasteiger partial charge in [-0.25, -0.2) is 0 Å². The fourth-order valence-electron chi connectivity index (χ4n) is 1.04. The molecular formula is C10H13BrO2S. The third-order valence-corrected chi connectivity index (χ3v) is 4.23. The van der Waals surface area contributed by atoms with Crippen molar-refractivity contribution in [2.24, 2.45) is 5.41 Å². The first-order chi connectivity index (χ1) is 6.43. The quantitative estimate of drug-likeness (QED) is 0.913. The number of aliphatic carboxylic acids is 1. The molecule has 0 unspecified atom stereocenters. The maximum atomic E-state index is 10.9. The fraction of sp³-hybridized carbons (Fsp3) is 0.500. The van der Waals surface area contributed by atoms with Crippen molar-refractivity contribution in [3.8, 4) is 0 Å². The van der Waals surface area contributed by atoms with Crippen molar-refractivity contribution < 1.29 is 9.90 Å². The molecule has 4 heteroatoms. The van der Waals surface area contributed by atoms with Crippen LogP contribution in [-0.2, 0) is 11.2 Å². The van der Waals surface area contributed by atoms with Crippen molar-refractivity contribution >= 4 is 33.2 Å². The first-order valence-electron chi connectivity index (χ1n) is 4.39. The predicted molar refractivity (Wildman–Crippen MR) is 61.8 cm³/mol. The molecule has 0 aliphatic rings. The Bertz CT molecular complexity index is 331. The summed E-state index contributed by atoms with van der Waals surface area (Å²) >= 11 is 5.10. The van der Waals surface area contributed by atoms with Crippen LogP contribution in [0.2, 0.25) is 0 Å². The number of halogens is 1. The van der Waals surface area contributed by atoms with Crippen molar-refractivity contribution in [3.05, 3.63) is 20.8 Å². The van der Waals surface area contributed by atoms with Crippen LogP contribution in [0.25, 0.3) is 0 Å². The molecule has 2 nitrogen and oxygen atoms in total. The second kappa shape index (κ2) is 4.45. The Morgan fingerprint density at radius 1 is 1.64 bits per heavy atom. The Labute approximate surface area is 96.1 Å². The minimum absolute atomic E-state index is 0.635. The van der Waals surface area contributed by atoms with Gasteiger partial charge in [0.1, 0.15) is 0 Å². The van der Waals surface area contributed by atoms with Crippen LogP contribution in [0.1, 0.15) is 25.1 Å². The standard InChI is InChI=1S/C10H13BrO2S/c1-10(2,9(12)13)5-3-8-7(11)4-6-14-8/h4,6H,3,5H2,1-2H3,(H,12,13). The number of hydrogen-bond donors (Lipinski definition) is 1. The van der Waals surface area contributed by atoms with Crippen molar-refractivity contribution in [1.29, 1.82) is 0 Å². The van der Waals surface area contributed by atoms with Crippen molar-refractivity contribution in [2.75, 3.05) is 0 Å². The molecule has 78 valence electrons. The molecule has 14 heavy (non-hydrogen) atoms. The van der Waals surface area contributed by atoms with Crippen molar-refractivity contribution in [1.82, 2.24) is 0 Å². The second-order valence-electron chi connectivity index (χ2n) is 3.88. The van der Waals surface area contributed by atoms with E-state index in [1.165, 1.54) is 4.88 Å². The van der Waals surface area contributed by atoms with Gasteiger partial charge in [-0.1, -0.05) is 0 Å². The van der Waals surface area contributed by atoms with Gasteiger partial charge in [-0.3, -0.25) is 4.79 Å². The molecule has 0 aromatic carbocycles. The zero-order valence-electron chi connectivity index (χ0n) is 8.21. The summed E-state index contributed by atoms with van der Waals surface area (Å²) in [5, 5.41) is 10.9. The molecule has 0 atom stereocenters. The van der Waals surface area contributed by atoms with Gasteiger partial charge in [0.2, 0.25) is 0 Å². The summed E-state index contributed by atoms with van der Waals surface area (Å²) in [7, 11) is 0. The molecule has 1 rings (SSSR count). The van der Waals surface area contributed by atoms with Crippen molar-refractivity contribution in [2.45, 2.75) is 26.7 Å². The lowest BCUT2D eigenvalue weighted by Crippen LogP contribution is -2.24. The SMILES string of the molecule is CC(C)(CCc1sccc1Br)C(=O)O. The molecule has 0 aliphatic heterocycles. The van der Waals surface area contributed by atoms with Crippen LogP contribution >= 0.6 is 27.3 Å². The van der Waals surface area contributed by atoms with E-state index in [4.69, 9.17) is 5.11 Å². The van der Waals surface area contributed by atoms with E-state index < -0.39 is 11.4 Å². The van der Waals surface area contributed by atoms with Gasteiger partial charge in [0.05, 0.1) is 5.41 Å². The van der Waals surface area contributed by atoms with E-state index in [0.717, 1.165) is 10.9 Å².